The number of alkyl halides is 3. The molecule has 0 aliphatic heterocycles. The molecule has 0 fully saturated rings. The van der Waals surface area contributed by atoms with E-state index in [2.05, 4.69) is 0 Å². The van der Waals surface area contributed by atoms with Gasteiger partial charge in [-0.15, -0.1) is 0 Å². The maximum Gasteiger partial charge on any atom is 0.424 e. The molecule has 0 amide bonds. The average molecular weight is 343 g/mol. The zero-order valence-electron chi connectivity index (χ0n) is 11.9. The van der Waals surface area contributed by atoms with Gasteiger partial charge < -0.3 is 9.84 Å². The van der Waals surface area contributed by atoms with E-state index in [9.17, 15) is 27.5 Å². The Labute approximate surface area is 129 Å². The molecule has 0 unspecified atom stereocenters. The second-order valence-corrected chi connectivity index (χ2v) is 5.21. The molecule has 1 aromatic rings. The Morgan fingerprint density at radius 2 is 2.00 bits per heavy atom. The van der Waals surface area contributed by atoms with E-state index >= 15 is 0 Å². The molecule has 0 saturated carbocycles. The summed E-state index contributed by atoms with van der Waals surface area (Å²) in [5, 5.41) is 9.20. The highest BCUT2D eigenvalue weighted by Crippen LogP contribution is 2.43. The first kappa shape index (κ1) is 18.7. The quantitative estimate of drug-likeness (QED) is 0.630. The Morgan fingerprint density at radius 3 is 2.41 bits per heavy atom. The number of ether oxygens (including phenoxy) is 1. The van der Waals surface area contributed by atoms with Crippen molar-refractivity contribution in [3.8, 4) is 5.75 Å². The topological polar surface area (TPSA) is 46.5 Å². The monoisotopic (exact) mass is 342 g/mol. The molecule has 3 nitrogen and oxygen atoms in total. The van der Waals surface area contributed by atoms with Crippen molar-refractivity contribution in [1.29, 1.82) is 0 Å². The Hall–Kier alpha value is -1.34. The molecule has 124 valence electrons. The highest BCUT2D eigenvalue weighted by atomic mass is 35.5. The number of carbonyl (C=O) groups excluding carboxylic acids is 1. The van der Waals surface area contributed by atoms with Gasteiger partial charge in [0.25, 0.3) is 0 Å². The van der Waals surface area contributed by atoms with Crippen LogP contribution in [-0.2, 0) is 4.79 Å². The summed E-state index contributed by atoms with van der Waals surface area (Å²) in [6, 6.07) is 2.23. The summed E-state index contributed by atoms with van der Waals surface area (Å²) in [7, 11) is 1.20. The van der Waals surface area contributed by atoms with E-state index in [0.29, 0.717) is 0 Å². The molecule has 0 saturated heterocycles. The van der Waals surface area contributed by atoms with Crippen molar-refractivity contribution in [2.75, 3.05) is 7.11 Å². The summed E-state index contributed by atoms with van der Waals surface area (Å²) >= 11 is 5.74. The first-order chi connectivity index (χ1) is 10.1. The number of rotatable bonds is 6. The molecule has 0 spiro atoms. The molecule has 0 aliphatic carbocycles. The predicted octanol–water partition coefficient (Wildman–Crippen LogP) is 3.86. The lowest BCUT2D eigenvalue weighted by molar-refractivity contribution is -0.247. The minimum Gasteiger partial charge on any atom is -0.495 e. The third-order valence-corrected chi connectivity index (χ3v) is 3.81. The second-order valence-electron chi connectivity index (χ2n) is 4.83. The van der Waals surface area contributed by atoms with Gasteiger partial charge in [0.1, 0.15) is 16.6 Å². The van der Waals surface area contributed by atoms with Crippen molar-refractivity contribution in [1.82, 2.24) is 0 Å². The van der Waals surface area contributed by atoms with Crippen LogP contribution in [-0.4, -0.2) is 30.3 Å². The maximum absolute atomic E-state index is 13.4. The number of hydrogen-bond acceptors (Lipinski definition) is 3. The number of methoxy groups -OCH3 is 1. The standard InChI is InChI=1S/C14H15ClF4O3/c1-3-8(6-13(21,7-20)14(17,18)19)9-4-5-10(16)11(15)12(9)22-2/h4-5,7-8,21H,3,6H2,1-2H3/t8-,13-/m1/s1. The van der Waals surface area contributed by atoms with Crippen molar-refractivity contribution >= 4 is 17.9 Å². The van der Waals surface area contributed by atoms with Gasteiger partial charge >= 0.3 is 6.18 Å². The summed E-state index contributed by atoms with van der Waals surface area (Å²) in [5.41, 5.74) is -3.29. The van der Waals surface area contributed by atoms with Gasteiger partial charge in [-0.2, -0.15) is 13.2 Å². The largest absolute Gasteiger partial charge is 0.495 e. The first-order valence-electron chi connectivity index (χ1n) is 6.38. The van der Waals surface area contributed by atoms with E-state index in [1.165, 1.54) is 13.2 Å². The Morgan fingerprint density at radius 1 is 1.41 bits per heavy atom. The van der Waals surface area contributed by atoms with Gasteiger partial charge in [-0.3, -0.25) is 4.79 Å². The van der Waals surface area contributed by atoms with E-state index in [1.807, 2.05) is 0 Å². The second kappa shape index (κ2) is 6.83. The van der Waals surface area contributed by atoms with Crippen LogP contribution in [0.2, 0.25) is 5.02 Å². The van der Waals surface area contributed by atoms with Gasteiger partial charge in [0.05, 0.1) is 7.11 Å². The molecule has 8 heteroatoms. The normalized spacial score (nSPS) is 16.0. The van der Waals surface area contributed by atoms with E-state index in [0.717, 1.165) is 6.07 Å². The van der Waals surface area contributed by atoms with Crippen LogP contribution < -0.4 is 4.74 Å². The number of halogens is 5. The average Bonchev–Trinajstić information content (AvgIpc) is 2.46. The Bertz CT molecular complexity index is 548. The molecule has 0 radical (unpaired) electrons. The van der Waals surface area contributed by atoms with Gasteiger partial charge in [0, 0.05) is 0 Å². The highest BCUT2D eigenvalue weighted by molar-refractivity contribution is 6.32. The molecule has 2 atom stereocenters. The van der Waals surface area contributed by atoms with E-state index in [4.69, 9.17) is 16.3 Å². The number of benzene rings is 1. The smallest absolute Gasteiger partial charge is 0.424 e. The van der Waals surface area contributed by atoms with Gasteiger partial charge in [-0.25, -0.2) is 4.39 Å². The molecule has 0 heterocycles. The number of hydrogen-bond donors (Lipinski definition) is 1. The van der Waals surface area contributed by atoms with Crippen molar-refractivity contribution in [2.24, 2.45) is 0 Å². The molecule has 1 aromatic carbocycles. The molecule has 0 aliphatic rings. The Kier molecular flexibility index (Phi) is 5.81. The van der Waals surface area contributed by atoms with Crippen molar-refractivity contribution in [2.45, 2.75) is 37.5 Å². The summed E-state index contributed by atoms with van der Waals surface area (Å²) in [5.74, 6) is -1.78. The maximum atomic E-state index is 13.4. The van der Waals surface area contributed by atoms with E-state index < -0.39 is 36.2 Å². The van der Waals surface area contributed by atoms with E-state index in [1.54, 1.807) is 6.92 Å². The number of carbonyl (C=O) groups is 1. The van der Waals surface area contributed by atoms with Crippen LogP contribution >= 0.6 is 11.6 Å². The van der Waals surface area contributed by atoms with Crippen LogP contribution in [0.15, 0.2) is 12.1 Å². The van der Waals surface area contributed by atoms with Crippen molar-refractivity contribution in [3.63, 3.8) is 0 Å². The lowest BCUT2D eigenvalue weighted by Gasteiger charge is -2.29. The van der Waals surface area contributed by atoms with Crippen LogP contribution in [0.25, 0.3) is 0 Å². The number of aldehydes is 1. The fourth-order valence-corrected chi connectivity index (χ4v) is 2.41. The van der Waals surface area contributed by atoms with Gasteiger partial charge in [-0.1, -0.05) is 24.6 Å². The fraction of sp³-hybridized carbons (Fsp3) is 0.500. The Balaban J connectivity index is 3.29. The zero-order chi connectivity index (χ0) is 17.1. The SMILES string of the molecule is CC[C@H](C[C@@](O)(C=O)C(F)(F)F)c1ccc(F)c(Cl)c1OC. The highest BCUT2D eigenvalue weighted by Gasteiger charge is 2.54. The molecular weight excluding hydrogens is 328 g/mol. The van der Waals surface area contributed by atoms with Crippen molar-refractivity contribution in [3.05, 3.63) is 28.5 Å². The molecule has 22 heavy (non-hydrogen) atoms. The first-order valence-corrected chi connectivity index (χ1v) is 6.76. The molecule has 0 bridgehead atoms. The van der Waals surface area contributed by atoms with Gasteiger partial charge in [-0.05, 0) is 30.4 Å². The predicted molar refractivity (Wildman–Crippen MR) is 72.7 cm³/mol. The third-order valence-electron chi connectivity index (χ3n) is 3.46. The van der Waals surface area contributed by atoms with Crippen LogP contribution in [0.4, 0.5) is 17.6 Å². The lowest BCUT2D eigenvalue weighted by atomic mass is 9.84. The van der Waals surface area contributed by atoms with Crippen molar-refractivity contribution < 1.29 is 32.2 Å². The zero-order valence-corrected chi connectivity index (χ0v) is 12.6. The lowest BCUT2D eigenvalue weighted by Crippen LogP contribution is -2.47. The minimum atomic E-state index is -5.11. The third kappa shape index (κ3) is 3.52. The molecule has 0 aromatic heterocycles. The van der Waals surface area contributed by atoms with Gasteiger partial charge in [0.2, 0.25) is 5.60 Å². The van der Waals surface area contributed by atoms with Gasteiger partial charge in [0.15, 0.2) is 6.29 Å². The summed E-state index contributed by atoms with van der Waals surface area (Å²) in [6.45, 7) is 1.57. The summed E-state index contributed by atoms with van der Waals surface area (Å²) in [6.07, 6.45) is -6.40. The molecule has 1 rings (SSSR count). The summed E-state index contributed by atoms with van der Waals surface area (Å²) < 4.78 is 56.9. The fourth-order valence-electron chi connectivity index (χ4n) is 2.16. The number of aliphatic hydroxyl groups is 1. The molecule has 1 N–H and O–H groups in total. The molecular formula is C14H15ClF4O3. The summed E-state index contributed by atoms with van der Waals surface area (Å²) in [4.78, 5) is 10.7. The van der Waals surface area contributed by atoms with Crippen LogP contribution in [0.5, 0.6) is 5.75 Å². The van der Waals surface area contributed by atoms with E-state index in [-0.39, 0.29) is 22.8 Å². The van der Waals surface area contributed by atoms with Crippen LogP contribution in [0.1, 0.15) is 31.2 Å². The minimum absolute atomic E-state index is 0.107. The van der Waals surface area contributed by atoms with Crippen LogP contribution in [0, 0.1) is 5.82 Å². The van der Waals surface area contributed by atoms with Crippen LogP contribution in [0.3, 0.4) is 0 Å².